The zero-order valence-corrected chi connectivity index (χ0v) is 28.1. The zero-order valence-electron chi connectivity index (χ0n) is 28.1. The van der Waals surface area contributed by atoms with Gasteiger partial charge in [-0.05, 0) is 66.6 Å². The fraction of sp³-hybridized carbons (Fsp3) is 0.412. The van der Waals surface area contributed by atoms with Gasteiger partial charge in [-0.1, -0.05) is 49.4 Å². The van der Waals surface area contributed by atoms with Gasteiger partial charge in [0.05, 0.1) is 0 Å². The van der Waals surface area contributed by atoms with E-state index in [0.717, 1.165) is 16.0 Å². The monoisotopic (exact) mass is 689 g/mol. The van der Waals surface area contributed by atoms with Crippen LogP contribution in [-0.2, 0) is 30.6 Å². The lowest BCUT2D eigenvalue weighted by Gasteiger charge is -2.25. The molecule has 4 rings (SSSR count). The quantitative estimate of drug-likeness (QED) is 0.0909. The SMILES string of the molecule is CC(C)[C@H](NC(=O)CCCCCN1C(=O)C=CC1=O)C(=O)N[C@@H](CCCNC(N)=O)C(=O)Nc1ccc(COn2nnc3ccccc32)cc1. The molecule has 0 bridgehead atoms. The molecule has 0 fully saturated rings. The first-order valence-corrected chi connectivity index (χ1v) is 16.5. The number of nitrogens with one attached hydrogen (secondary N) is 4. The number of rotatable bonds is 19. The summed E-state index contributed by atoms with van der Waals surface area (Å²) in [5.41, 5.74) is 7.90. The first-order valence-electron chi connectivity index (χ1n) is 16.5. The van der Waals surface area contributed by atoms with Gasteiger partial charge < -0.3 is 31.8 Å². The van der Waals surface area contributed by atoms with Crippen LogP contribution in [0, 0.1) is 5.92 Å². The average molecular weight is 690 g/mol. The van der Waals surface area contributed by atoms with Crippen molar-refractivity contribution in [3.63, 3.8) is 0 Å². The number of carbonyl (C=O) groups excluding carboxylic acids is 6. The van der Waals surface area contributed by atoms with E-state index in [-0.39, 0.29) is 56.2 Å². The van der Waals surface area contributed by atoms with Gasteiger partial charge in [-0.15, -0.1) is 5.10 Å². The number of hydrogen-bond donors (Lipinski definition) is 5. The molecule has 0 aliphatic carbocycles. The maximum atomic E-state index is 13.4. The molecule has 0 spiro atoms. The molecule has 50 heavy (non-hydrogen) atoms. The highest BCUT2D eigenvalue weighted by molar-refractivity contribution is 6.12. The van der Waals surface area contributed by atoms with Crippen LogP contribution in [0.25, 0.3) is 11.0 Å². The molecule has 16 heteroatoms. The Hall–Kier alpha value is -5.80. The molecule has 6 N–H and O–H groups in total. The number of carbonyl (C=O) groups is 6. The van der Waals surface area contributed by atoms with Crippen molar-refractivity contribution >= 4 is 52.3 Å². The molecule has 0 unspecified atom stereocenters. The van der Waals surface area contributed by atoms with Gasteiger partial charge in [0.25, 0.3) is 11.8 Å². The van der Waals surface area contributed by atoms with E-state index in [2.05, 4.69) is 31.6 Å². The number of para-hydroxylation sites is 1. The molecule has 266 valence electrons. The fourth-order valence-electron chi connectivity index (χ4n) is 5.20. The minimum absolute atomic E-state index is 0.149. The van der Waals surface area contributed by atoms with Crippen LogP contribution in [0.5, 0.6) is 0 Å². The number of benzene rings is 2. The molecule has 16 nitrogen and oxygen atoms in total. The maximum Gasteiger partial charge on any atom is 0.312 e. The number of nitrogens with zero attached hydrogens (tertiary/aromatic N) is 4. The molecule has 2 heterocycles. The lowest BCUT2D eigenvalue weighted by atomic mass is 10.0. The van der Waals surface area contributed by atoms with E-state index in [1.807, 2.05) is 24.3 Å². The molecule has 7 amide bonds. The second-order valence-corrected chi connectivity index (χ2v) is 12.2. The second kappa shape index (κ2) is 18.1. The van der Waals surface area contributed by atoms with Gasteiger partial charge in [-0.25, -0.2) is 4.79 Å². The van der Waals surface area contributed by atoms with Crippen LogP contribution in [0.15, 0.2) is 60.7 Å². The fourth-order valence-corrected chi connectivity index (χ4v) is 5.20. The van der Waals surface area contributed by atoms with Crippen LogP contribution in [0.4, 0.5) is 10.5 Å². The van der Waals surface area contributed by atoms with Crippen LogP contribution in [-0.4, -0.2) is 80.8 Å². The Morgan fingerprint density at radius 1 is 0.880 bits per heavy atom. The zero-order chi connectivity index (χ0) is 36.0. The van der Waals surface area contributed by atoms with E-state index < -0.39 is 29.9 Å². The Morgan fingerprint density at radius 2 is 1.60 bits per heavy atom. The smallest absolute Gasteiger partial charge is 0.312 e. The molecular weight excluding hydrogens is 646 g/mol. The number of amides is 7. The summed E-state index contributed by atoms with van der Waals surface area (Å²) in [6.07, 6.45) is 4.81. The first kappa shape index (κ1) is 37.0. The van der Waals surface area contributed by atoms with E-state index in [0.29, 0.717) is 36.9 Å². The minimum atomic E-state index is -0.982. The number of nitrogens with two attached hydrogens (primary N) is 1. The summed E-state index contributed by atoms with van der Waals surface area (Å²) in [6, 6.07) is 11.8. The van der Waals surface area contributed by atoms with Crippen molar-refractivity contribution in [2.45, 2.75) is 71.1 Å². The predicted molar refractivity (Wildman–Crippen MR) is 183 cm³/mol. The molecule has 1 aliphatic rings. The average Bonchev–Trinajstić information content (AvgIpc) is 3.65. The van der Waals surface area contributed by atoms with Gasteiger partial charge in [-0.2, -0.15) is 0 Å². The molecule has 2 aromatic carbocycles. The predicted octanol–water partition coefficient (Wildman–Crippen LogP) is 1.56. The lowest BCUT2D eigenvalue weighted by Crippen LogP contribution is -2.54. The Bertz CT molecular complexity index is 1690. The Morgan fingerprint density at radius 3 is 2.30 bits per heavy atom. The van der Waals surface area contributed by atoms with E-state index in [1.54, 1.807) is 38.1 Å². The number of primary amides is 1. The molecule has 2 atom stereocenters. The maximum absolute atomic E-state index is 13.4. The van der Waals surface area contributed by atoms with E-state index >= 15 is 0 Å². The molecule has 3 aromatic rings. The normalized spacial score (nSPS) is 13.7. The van der Waals surface area contributed by atoms with Gasteiger partial charge in [-0.3, -0.25) is 28.9 Å². The number of anilines is 1. The number of hydrogen-bond acceptors (Lipinski definition) is 9. The van der Waals surface area contributed by atoms with Gasteiger partial charge in [0, 0.05) is 37.3 Å². The minimum Gasteiger partial charge on any atom is -0.390 e. The summed E-state index contributed by atoms with van der Waals surface area (Å²) in [7, 11) is 0. The number of imide groups is 1. The third kappa shape index (κ3) is 10.9. The molecule has 1 aromatic heterocycles. The number of aromatic nitrogens is 3. The molecular formula is C34H43N9O7. The topological polar surface area (TPSA) is 220 Å². The van der Waals surface area contributed by atoms with E-state index in [9.17, 15) is 28.8 Å². The van der Waals surface area contributed by atoms with Crippen LogP contribution >= 0.6 is 0 Å². The summed E-state index contributed by atoms with van der Waals surface area (Å²) < 4.78 is 0. The summed E-state index contributed by atoms with van der Waals surface area (Å²) in [4.78, 5) is 82.3. The van der Waals surface area contributed by atoms with Crippen molar-refractivity contribution in [3.8, 4) is 0 Å². The van der Waals surface area contributed by atoms with Crippen LogP contribution < -0.4 is 31.8 Å². The molecule has 0 radical (unpaired) electrons. The van der Waals surface area contributed by atoms with Gasteiger partial charge in [0.15, 0.2) is 0 Å². The second-order valence-electron chi connectivity index (χ2n) is 12.2. The van der Waals surface area contributed by atoms with Crippen molar-refractivity contribution in [1.82, 2.24) is 36.0 Å². The third-order valence-electron chi connectivity index (χ3n) is 7.95. The third-order valence-corrected chi connectivity index (χ3v) is 7.95. The van der Waals surface area contributed by atoms with Crippen molar-refractivity contribution in [2.24, 2.45) is 11.7 Å². The van der Waals surface area contributed by atoms with Crippen molar-refractivity contribution < 1.29 is 33.6 Å². The standard InChI is InChI=1S/C34H43N9O7/c1-22(2)31(39-28(44)12-4-3-7-20-42-29(45)17-18-30(42)46)33(48)38-26(10-8-19-36-34(35)49)32(47)37-24-15-13-23(14-16-24)21-50-43-27-11-6-5-9-25(27)40-41-43/h5-6,9,11,13-18,22,26,31H,3-4,7-8,10,12,19-21H2,1-2H3,(H,37,47)(H,38,48)(H,39,44)(H3,35,36,49)/t26-,31-/m0/s1. The number of fused-ring (bicyclic) bond motifs is 1. The largest absolute Gasteiger partial charge is 0.390 e. The highest BCUT2D eigenvalue weighted by Crippen LogP contribution is 2.14. The summed E-state index contributed by atoms with van der Waals surface area (Å²) >= 11 is 0. The van der Waals surface area contributed by atoms with Crippen molar-refractivity contribution in [2.75, 3.05) is 18.4 Å². The molecule has 0 saturated heterocycles. The lowest BCUT2D eigenvalue weighted by molar-refractivity contribution is -0.137. The summed E-state index contributed by atoms with van der Waals surface area (Å²) in [5, 5.41) is 18.9. The Labute approximate surface area is 289 Å². The highest BCUT2D eigenvalue weighted by atomic mass is 16.7. The summed E-state index contributed by atoms with van der Waals surface area (Å²) in [6.45, 7) is 4.25. The van der Waals surface area contributed by atoms with Crippen LogP contribution in [0.3, 0.4) is 0 Å². The van der Waals surface area contributed by atoms with E-state index in [1.165, 1.54) is 17.0 Å². The van der Waals surface area contributed by atoms with Crippen LogP contribution in [0.2, 0.25) is 0 Å². The molecule has 0 saturated carbocycles. The first-order chi connectivity index (χ1) is 24.0. The highest BCUT2D eigenvalue weighted by Gasteiger charge is 2.29. The van der Waals surface area contributed by atoms with Crippen LogP contribution in [0.1, 0.15) is 57.9 Å². The Balaban J connectivity index is 1.29. The molecule has 1 aliphatic heterocycles. The van der Waals surface area contributed by atoms with Crippen molar-refractivity contribution in [3.05, 3.63) is 66.2 Å². The Kier molecular flexibility index (Phi) is 13.4. The van der Waals surface area contributed by atoms with E-state index in [4.69, 9.17) is 10.6 Å². The van der Waals surface area contributed by atoms with Gasteiger partial charge >= 0.3 is 6.03 Å². The van der Waals surface area contributed by atoms with Crippen molar-refractivity contribution in [1.29, 1.82) is 0 Å². The van der Waals surface area contributed by atoms with Gasteiger partial charge in [0.1, 0.15) is 29.7 Å². The summed E-state index contributed by atoms with van der Waals surface area (Å²) in [5.74, 6) is -2.30. The number of urea groups is 1. The van der Waals surface area contributed by atoms with Gasteiger partial charge in [0.2, 0.25) is 17.7 Å². The number of unbranched alkanes of at least 4 members (excludes halogenated alkanes) is 2.